The van der Waals surface area contributed by atoms with Crippen LogP contribution in [0.2, 0.25) is 0 Å². The van der Waals surface area contributed by atoms with Gasteiger partial charge in [-0.3, -0.25) is 9.59 Å². The molecule has 1 rings (SSSR count). The van der Waals surface area contributed by atoms with Crippen molar-refractivity contribution in [1.29, 1.82) is 0 Å². The number of ether oxygens (including phenoxy) is 2. The Kier molecular flexibility index (Phi) is 6.91. The first-order valence-corrected chi connectivity index (χ1v) is 6.92. The lowest BCUT2D eigenvalue weighted by molar-refractivity contribution is -0.168. The molecule has 0 spiro atoms. The summed E-state index contributed by atoms with van der Waals surface area (Å²) in [4.78, 5) is 24.3. The molecule has 4 heteroatoms. The van der Waals surface area contributed by atoms with E-state index >= 15 is 0 Å². The molecule has 0 heterocycles. The molecule has 0 aliphatic rings. The molecule has 0 amide bonds. The minimum Gasteiger partial charge on any atom is -0.468 e. The first kappa shape index (κ1) is 17.5. The van der Waals surface area contributed by atoms with E-state index in [-0.39, 0.29) is 12.8 Å². The topological polar surface area (TPSA) is 52.6 Å². The molecule has 116 valence electrons. The van der Waals surface area contributed by atoms with Gasteiger partial charge in [-0.1, -0.05) is 42.2 Å². The normalized spacial score (nSPS) is 10.7. The van der Waals surface area contributed by atoms with E-state index in [0.717, 1.165) is 5.56 Å². The Hall–Kier alpha value is -2.54. The Labute approximate surface area is 131 Å². The van der Waals surface area contributed by atoms with Crippen molar-refractivity contribution in [2.24, 2.45) is 5.41 Å². The van der Waals surface area contributed by atoms with Gasteiger partial charge in [0, 0.05) is 12.0 Å². The van der Waals surface area contributed by atoms with Crippen LogP contribution in [0.25, 0.3) is 0 Å². The maximum Gasteiger partial charge on any atom is 0.324 e. The highest BCUT2D eigenvalue weighted by Gasteiger charge is 2.47. The summed E-state index contributed by atoms with van der Waals surface area (Å²) in [5.41, 5.74) is -0.616. The Bertz CT molecular complexity index is 575. The van der Waals surface area contributed by atoms with Gasteiger partial charge < -0.3 is 9.47 Å². The lowest BCUT2D eigenvalue weighted by Gasteiger charge is -2.24. The van der Waals surface area contributed by atoms with Crippen molar-refractivity contribution >= 4 is 11.9 Å². The minimum atomic E-state index is -1.43. The number of rotatable bonds is 5. The van der Waals surface area contributed by atoms with Gasteiger partial charge in [0.2, 0.25) is 0 Å². The van der Waals surface area contributed by atoms with Crippen molar-refractivity contribution in [3.63, 3.8) is 0 Å². The van der Waals surface area contributed by atoms with Crippen LogP contribution in [-0.4, -0.2) is 26.2 Å². The van der Waals surface area contributed by atoms with Gasteiger partial charge in [0.05, 0.1) is 14.2 Å². The van der Waals surface area contributed by atoms with Crippen molar-refractivity contribution in [1.82, 2.24) is 0 Å². The van der Waals surface area contributed by atoms with Crippen LogP contribution in [0.4, 0.5) is 0 Å². The summed E-state index contributed by atoms with van der Waals surface area (Å²) in [6, 6.07) is 9.35. The van der Waals surface area contributed by atoms with E-state index < -0.39 is 17.4 Å². The van der Waals surface area contributed by atoms with Gasteiger partial charge in [-0.15, -0.1) is 0 Å². The second-order valence-electron chi connectivity index (χ2n) is 4.68. The molecule has 0 aromatic heterocycles. The summed E-state index contributed by atoms with van der Waals surface area (Å²) in [6.07, 6.45) is 3.72. The maximum absolute atomic E-state index is 12.2. The summed E-state index contributed by atoms with van der Waals surface area (Å²) in [5, 5.41) is 0. The van der Waals surface area contributed by atoms with E-state index in [4.69, 9.17) is 9.47 Å². The van der Waals surface area contributed by atoms with E-state index in [1.165, 1.54) is 14.2 Å². The summed E-state index contributed by atoms with van der Waals surface area (Å²) in [6.45, 7) is 1.81. The molecule has 0 aliphatic heterocycles. The molecule has 0 atom stereocenters. The number of benzene rings is 1. The van der Waals surface area contributed by atoms with Crippen molar-refractivity contribution in [2.45, 2.75) is 19.8 Å². The minimum absolute atomic E-state index is 0.0333. The predicted molar refractivity (Wildman–Crippen MR) is 83.8 cm³/mol. The van der Waals surface area contributed by atoms with E-state index in [2.05, 4.69) is 11.8 Å². The zero-order valence-corrected chi connectivity index (χ0v) is 13.1. The van der Waals surface area contributed by atoms with Crippen molar-refractivity contribution < 1.29 is 19.1 Å². The molecule has 0 radical (unpaired) electrons. The number of esters is 2. The van der Waals surface area contributed by atoms with Crippen LogP contribution in [0.15, 0.2) is 42.5 Å². The van der Waals surface area contributed by atoms with E-state index in [1.807, 2.05) is 37.3 Å². The highest BCUT2D eigenvalue weighted by Crippen LogP contribution is 2.30. The van der Waals surface area contributed by atoms with E-state index in [9.17, 15) is 9.59 Å². The molecule has 0 unspecified atom stereocenters. The Balaban J connectivity index is 3.11. The predicted octanol–water partition coefficient (Wildman–Crippen LogP) is 2.73. The van der Waals surface area contributed by atoms with Crippen molar-refractivity contribution in [3.8, 4) is 11.8 Å². The second-order valence-corrected chi connectivity index (χ2v) is 4.68. The molecule has 0 N–H and O–H groups in total. The fraction of sp³-hybridized carbons (Fsp3) is 0.333. The third kappa shape index (κ3) is 4.23. The lowest BCUT2D eigenvalue weighted by Crippen LogP contribution is -2.40. The van der Waals surface area contributed by atoms with Crippen LogP contribution in [0.3, 0.4) is 0 Å². The van der Waals surface area contributed by atoms with Gasteiger partial charge in [0.1, 0.15) is 0 Å². The van der Waals surface area contributed by atoms with Gasteiger partial charge >= 0.3 is 11.9 Å². The van der Waals surface area contributed by atoms with Gasteiger partial charge in [0.15, 0.2) is 5.41 Å². The Morgan fingerprint density at radius 3 is 2.23 bits per heavy atom. The monoisotopic (exact) mass is 300 g/mol. The van der Waals surface area contributed by atoms with Crippen molar-refractivity contribution in [3.05, 3.63) is 48.0 Å². The molecule has 22 heavy (non-hydrogen) atoms. The molecule has 1 aromatic rings. The van der Waals surface area contributed by atoms with Gasteiger partial charge in [0.25, 0.3) is 0 Å². The molecule has 4 nitrogen and oxygen atoms in total. The molecule has 0 saturated heterocycles. The molecular weight excluding hydrogens is 280 g/mol. The summed E-state index contributed by atoms with van der Waals surface area (Å²) < 4.78 is 9.59. The highest BCUT2D eigenvalue weighted by molar-refractivity contribution is 6.00. The SMILES string of the molecule is C/C=C\CC(CC#Cc1ccccc1)(C(=O)OC)C(=O)OC. The maximum atomic E-state index is 12.2. The number of hydrogen-bond donors (Lipinski definition) is 0. The third-order valence-electron chi connectivity index (χ3n) is 3.25. The summed E-state index contributed by atoms with van der Waals surface area (Å²) >= 11 is 0. The fourth-order valence-corrected chi connectivity index (χ4v) is 1.99. The van der Waals surface area contributed by atoms with Gasteiger partial charge in [-0.25, -0.2) is 0 Å². The summed E-state index contributed by atoms with van der Waals surface area (Å²) in [7, 11) is 2.50. The average molecular weight is 300 g/mol. The quantitative estimate of drug-likeness (QED) is 0.363. The molecule has 0 saturated carbocycles. The number of hydrogen-bond acceptors (Lipinski definition) is 4. The highest BCUT2D eigenvalue weighted by atomic mass is 16.5. The second kappa shape index (κ2) is 8.68. The molecule has 1 aromatic carbocycles. The van der Waals surface area contributed by atoms with Crippen LogP contribution >= 0.6 is 0 Å². The van der Waals surface area contributed by atoms with Crippen LogP contribution in [-0.2, 0) is 19.1 Å². The van der Waals surface area contributed by atoms with Gasteiger partial charge in [-0.05, 0) is 25.5 Å². The number of carbonyl (C=O) groups is 2. The molecular formula is C18H20O4. The smallest absolute Gasteiger partial charge is 0.324 e. The van der Waals surface area contributed by atoms with E-state index in [1.54, 1.807) is 12.2 Å². The molecule has 0 fully saturated rings. The standard InChI is InChI=1S/C18H20O4/c1-4-5-13-18(16(19)21-2,17(20)22-3)14-9-12-15-10-7-6-8-11-15/h4-8,10-11H,13-14H2,1-3H3/b5-4-. The fourth-order valence-electron chi connectivity index (χ4n) is 1.99. The number of carbonyl (C=O) groups excluding carboxylic acids is 2. The largest absolute Gasteiger partial charge is 0.468 e. The number of allylic oxidation sites excluding steroid dienone is 2. The average Bonchev–Trinajstić information content (AvgIpc) is 2.57. The lowest BCUT2D eigenvalue weighted by atomic mass is 9.81. The van der Waals surface area contributed by atoms with Gasteiger partial charge in [-0.2, -0.15) is 0 Å². The van der Waals surface area contributed by atoms with E-state index in [0.29, 0.717) is 0 Å². The first-order chi connectivity index (χ1) is 10.6. The van der Waals surface area contributed by atoms with Crippen LogP contribution in [0.1, 0.15) is 25.3 Å². The first-order valence-electron chi connectivity index (χ1n) is 6.92. The Morgan fingerprint density at radius 2 is 1.73 bits per heavy atom. The van der Waals surface area contributed by atoms with Crippen LogP contribution < -0.4 is 0 Å². The van der Waals surface area contributed by atoms with Crippen LogP contribution in [0, 0.1) is 17.3 Å². The zero-order valence-electron chi connectivity index (χ0n) is 13.1. The summed E-state index contributed by atoms with van der Waals surface area (Å²) in [5.74, 6) is 4.56. The zero-order chi connectivity index (χ0) is 16.4. The number of methoxy groups -OCH3 is 2. The third-order valence-corrected chi connectivity index (χ3v) is 3.25. The Morgan fingerprint density at radius 1 is 1.14 bits per heavy atom. The van der Waals surface area contributed by atoms with Crippen molar-refractivity contribution in [2.75, 3.05) is 14.2 Å². The molecule has 0 bridgehead atoms. The van der Waals surface area contributed by atoms with Crippen LogP contribution in [0.5, 0.6) is 0 Å². The molecule has 0 aliphatic carbocycles.